The van der Waals surface area contributed by atoms with E-state index in [-0.39, 0.29) is 5.78 Å². The second-order valence-corrected chi connectivity index (χ2v) is 6.45. The molecule has 0 spiro atoms. The average Bonchev–Trinajstić information content (AvgIpc) is 2.71. The van der Waals surface area contributed by atoms with Crippen molar-refractivity contribution in [3.8, 4) is 0 Å². The number of Topliss-reactive ketones (excluding diaryl/α,β-unsaturated/α-hetero) is 1. The van der Waals surface area contributed by atoms with E-state index in [1.165, 1.54) is 0 Å². The first-order chi connectivity index (χ1) is 9.90. The minimum Gasteiger partial charge on any atom is -0.378 e. The maximum absolute atomic E-state index is 12.4. The fourth-order valence-corrected chi connectivity index (χ4v) is 3.13. The van der Waals surface area contributed by atoms with Crippen molar-refractivity contribution < 1.29 is 4.79 Å². The number of nitrogens with one attached hydrogen (secondary N) is 1. The van der Waals surface area contributed by atoms with Crippen LogP contribution < -0.4 is 5.32 Å². The predicted molar refractivity (Wildman–Crippen MR) is 91.3 cm³/mol. The summed E-state index contributed by atoms with van der Waals surface area (Å²) in [5, 5.41) is 3.18. The van der Waals surface area contributed by atoms with Gasteiger partial charge in [-0.2, -0.15) is 0 Å². The lowest BCUT2D eigenvalue weighted by Crippen LogP contribution is -2.15. The maximum atomic E-state index is 12.4. The molecule has 0 aliphatic rings. The van der Waals surface area contributed by atoms with Crippen LogP contribution in [0.5, 0.6) is 0 Å². The summed E-state index contributed by atoms with van der Waals surface area (Å²) in [5.41, 5.74) is 3.93. The first-order valence-electron chi connectivity index (χ1n) is 7.11. The second-order valence-electron chi connectivity index (χ2n) is 5.54. The number of anilines is 1. The summed E-state index contributed by atoms with van der Waals surface area (Å²) in [6.45, 7) is 8.63. The molecular formula is C17H21BrN2O. The van der Waals surface area contributed by atoms with Crippen LogP contribution in [0.2, 0.25) is 0 Å². The van der Waals surface area contributed by atoms with E-state index in [2.05, 4.69) is 39.7 Å². The number of benzene rings is 1. The monoisotopic (exact) mass is 348 g/mol. The van der Waals surface area contributed by atoms with Crippen molar-refractivity contribution in [1.82, 2.24) is 4.57 Å². The third-order valence-corrected chi connectivity index (χ3v) is 4.07. The number of carbonyl (C=O) groups is 1. The quantitative estimate of drug-likeness (QED) is 0.791. The normalized spacial score (nSPS) is 11.0. The molecule has 1 aromatic carbocycles. The number of halogens is 1. The number of aryl methyl sites for hydroxylation is 1. The molecule has 2 rings (SSSR count). The van der Waals surface area contributed by atoms with Crippen LogP contribution in [-0.4, -0.2) is 16.9 Å². The highest BCUT2D eigenvalue weighted by Gasteiger charge is 2.16. The molecule has 112 valence electrons. The molecular weight excluding hydrogens is 328 g/mol. The first-order valence-corrected chi connectivity index (χ1v) is 7.90. The van der Waals surface area contributed by atoms with Gasteiger partial charge >= 0.3 is 0 Å². The summed E-state index contributed by atoms with van der Waals surface area (Å²) in [4.78, 5) is 12.4. The second kappa shape index (κ2) is 6.48. The number of hydrogen-bond donors (Lipinski definition) is 1. The molecule has 0 saturated carbocycles. The largest absolute Gasteiger partial charge is 0.378 e. The van der Waals surface area contributed by atoms with E-state index in [0.29, 0.717) is 12.6 Å². The lowest BCUT2D eigenvalue weighted by Gasteiger charge is -2.13. The van der Waals surface area contributed by atoms with Gasteiger partial charge in [-0.1, -0.05) is 22.0 Å². The molecule has 0 bridgehead atoms. The summed E-state index contributed by atoms with van der Waals surface area (Å²) in [7, 11) is 0. The molecule has 0 radical (unpaired) electrons. The number of hydrogen-bond acceptors (Lipinski definition) is 2. The maximum Gasteiger partial charge on any atom is 0.183 e. The minimum absolute atomic E-state index is 0.120. The molecule has 21 heavy (non-hydrogen) atoms. The topological polar surface area (TPSA) is 34.0 Å². The van der Waals surface area contributed by atoms with Gasteiger partial charge < -0.3 is 9.88 Å². The van der Waals surface area contributed by atoms with Crippen LogP contribution in [0.3, 0.4) is 0 Å². The van der Waals surface area contributed by atoms with Crippen molar-refractivity contribution in [2.24, 2.45) is 0 Å². The number of aromatic nitrogens is 1. The standard InChI is InChI=1S/C17H21BrN2O/c1-11(2)20-12(3)8-16(13(20)4)17(21)10-19-15-7-5-6-14(18)9-15/h5-9,11,19H,10H2,1-4H3. The summed E-state index contributed by atoms with van der Waals surface area (Å²) < 4.78 is 3.20. The van der Waals surface area contributed by atoms with Gasteiger partial charge in [0.1, 0.15) is 0 Å². The Morgan fingerprint density at radius 3 is 2.57 bits per heavy atom. The third kappa shape index (κ3) is 3.56. The number of rotatable bonds is 5. The van der Waals surface area contributed by atoms with E-state index in [1.807, 2.05) is 44.2 Å². The minimum atomic E-state index is 0.120. The smallest absolute Gasteiger partial charge is 0.183 e. The van der Waals surface area contributed by atoms with Crippen LogP contribution in [0.15, 0.2) is 34.8 Å². The van der Waals surface area contributed by atoms with Gasteiger partial charge in [0, 0.05) is 33.2 Å². The molecule has 0 aliphatic carbocycles. The van der Waals surface area contributed by atoms with E-state index in [9.17, 15) is 4.79 Å². The van der Waals surface area contributed by atoms with Crippen molar-refractivity contribution in [3.05, 3.63) is 51.8 Å². The molecule has 0 atom stereocenters. The molecule has 3 nitrogen and oxygen atoms in total. The van der Waals surface area contributed by atoms with Crippen LogP contribution in [0.4, 0.5) is 5.69 Å². The number of carbonyl (C=O) groups excluding carboxylic acids is 1. The van der Waals surface area contributed by atoms with Crippen molar-refractivity contribution in [2.75, 3.05) is 11.9 Å². The Bertz CT molecular complexity index is 659. The summed E-state index contributed by atoms with van der Waals surface area (Å²) in [6, 6.07) is 10.2. The molecule has 2 aromatic rings. The van der Waals surface area contributed by atoms with E-state index in [1.54, 1.807) is 0 Å². The SMILES string of the molecule is Cc1cc(C(=O)CNc2cccc(Br)c2)c(C)n1C(C)C. The molecule has 0 amide bonds. The molecule has 1 heterocycles. The highest BCUT2D eigenvalue weighted by Crippen LogP contribution is 2.21. The van der Waals surface area contributed by atoms with E-state index < -0.39 is 0 Å². The fraction of sp³-hybridized carbons (Fsp3) is 0.353. The zero-order chi connectivity index (χ0) is 15.6. The van der Waals surface area contributed by atoms with E-state index in [4.69, 9.17) is 0 Å². The van der Waals surface area contributed by atoms with Crippen LogP contribution >= 0.6 is 15.9 Å². The van der Waals surface area contributed by atoms with Crippen LogP contribution in [0.25, 0.3) is 0 Å². The van der Waals surface area contributed by atoms with Crippen molar-refractivity contribution >= 4 is 27.4 Å². The molecule has 1 aromatic heterocycles. The number of ketones is 1. The molecule has 0 aliphatic heterocycles. The average molecular weight is 349 g/mol. The Morgan fingerprint density at radius 2 is 2.00 bits per heavy atom. The van der Waals surface area contributed by atoms with Gasteiger partial charge in [-0.3, -0.25) is 4.79 Å². The number of nitrogens with zero attached hydrogens (tertiary/aromatic N) is 1. The molecule has 0 unspecified atom stereocenters. The zero-order valence-corrected chi connectivity index (χ0v) is 14.5. The van der Waals surface area contributed by atoms with E-state index in [0.717, 1.165) is 27.1 Å². The van der Waals surface area contributed by atoms with Gasteiger partial charge in [0.05, 0.1) is 6.54 Å². The van der Waals surface area contributed by atoms with Crippen LogP contribution in [0, 0.1) is 13.8 Å². The first kappa shape index (κ1) is 15.8. The van der Waals surface area contributed by atoms with Crippen molar-refractivity contribution in [2.45, 2.75) is 33.7 Å². The highest BCUT2D eigenvalue weighted by molar-refractivity contribution is 9.10. The molecule has 0 fully saturated rings. The summed E-state index contributed by atoms with van der Waals surface area (Å²) in [6.07, 6.45) is 0. The Morgan fingerprint density at radius 1 is 1.29 bits per heavy atom. The fourth-order valence-electron chi connectivity index (χ4n) is 2.73. The van der Waals surface area contributed by atoms with Gasteiger partial charge in [0.25, 0.3) is 0 Å². The van der Waals surface area contributed by atoms with Gasteiger partial charge in [-0.05, 0) is 52.0 Å². The van der Waals surface area contributed by atoms with Crippen LogP contribution in [0.1, 0.15) is 41.6 Å². The predicted octanol–water partition coefficient (Wildman–Crippen LogP) is 4.74. The van der Waals surface area contributed by atoms with Gasteiger partial charge in [0.15, 0.2) is 5.78 Å². The Hall–Kier alpha value is -1.55. The van der Waals surface area contributed by atoms with E-state index >= 15 is 0 Å². The van der Waals surface area contributed by atoms with Gasteiger partial charge in [-0.15, -0.1) is 0 Å². The lowest BCUT2D eigenvalue weighted by atomic mass is 10.1. The van der Waals surface area contributed by atoms with Crippen LogP contribution in [-0.2, 0) is 0 Å². The van der Waals surface area contributed by atoms with Crippen molar-refractivity contribution in [3.63, 3.8) is 0 Å². The van der Waals surface area contributed by atoms with Gasteiger partial charge in [0.2, 0.25) is 0 Å². The lowest BCUT2D eigenvalue weighted by molar-refractivity contribution is 0.101. The highest BCUT2D eigenvalue weighted by atomic mass is 79.9. The Balaban J connectivity index is 2.12. The van der Waals surface area contributed by atoms with Gasteiger partial charge in [-0.25, -0.2) is 0 Å². The molecule has 1 N–H and O–H groups in total. The molecule has 0 saturated heterocycles. The summed E-state index contributed by atoms with van der Waals surface area (Å²) >= 11 is 3.43. The zero-order valence-electron chi connectivity index (χ0n) is 12.9. The van der Waals surface area contributed by atoms with Crippen molar-refractivity contribution in [1.29, 1.82) is 0 Å². The Labute approximate surface area is 134 Å². The summed E-state index contributed by atoms with van der Waals surface area (Å²) in [5.74, 6) is 0.120. The third-order valence-electron chi connectivity index (χ3n) is 3.58. The Kier molecular flexibility index (Phi) is 4.88. The molecule has 4 heteroatoms.